The van der Waals surface area contributed by atoms with Gasteiger partial charge in [0.15, 0.2) is 0 Å². The number of hydrogen-bond acceptors (Lipinski definition) is 3. The van der Waals surface area contributed by atoms with Crippen LogP contribution >= 0.6 is 15.9 Å². The van der Waals surface area contributed by atoms with Gasteiger partial charge in [-0.25, -0.2) is 4.98 Å². The molecule has 0 amide bonds. The summed E-state index contributed by atoms with van der Waals surface area (Å²) in [4.78, 5) is 20.8. The molecule has 0 bridgehead atoms. The van der Waals surface area contributed by atoms with Crippen molar-refractivity contribution in [3.63, 3.8) is 0 Å². The van der Waals surface area contributed by atoms with Gasteiger partial charge in [0.05, 0.1) is 29.5 Å². The Morgan fingerprint density at radius 3 is 2.74 bits per heavy atom. The van der Waals surface area contributed by atoms with E-state index in [4.69, 9.17) is 0 Å². The molecule has 0 fully saturated rings. The summed E-state index contributed by atoms with van der Waals surface area (Å²) in [5.41, 5.74) is 1.49. The SMILES string of the molecule is O=c1c2ccccc2ncn1Cc1ccc(Br)cn1. The predicted octanol–water partition coefficient (Wildman–Crippen LogP) is 2.60. The van der Waals surface area contributed by atoms with Gasteiger partial charge in [-0.15, -0.1) is 0 Å². The van der Waals surface area contributed by atoms with Crippen LogP contribution in [0.4, 0.5) is 0 Å². The summed E-state index contributed by atoms with van der Waals surface area (Å²) in [6.45, 7) is 0.421. The van der Waals surface area contributed by atoms with Crippen molar-refractivity contribution in [3.05, 3.63) is 69.4 Å². The Morgan fingerprint density at radius 1 is 1.11 bits per heavy atom. The molecular weight excluding hydrogens is 306 g/mol. The fourth-order valence-corrected chi connectivity index (χ4v) is 2.13. The Balaban J connectivity index is 2.04. The van der Waals surface area contributed by atoms with Gasteiger partial charge in [0.25, 0.3) is 5.56 Å². The summed E-state index contributed by atoms with van der Waals surface area (Å²) in [6, 6.07) is 11.1. The number of fused-ring (bicyclic) bond motifs is 1. The van der Waals surface area contributed by atoms with E-state index in [1.165, 1.54) is 0 Å². The van der Waals surface area contributed by atoms with Crippen LogP contribution in [0.15, 0.2) is 58.2 Å². The van der Waals surface area contributed by atoms with E-state index in [-0.39, 0.29) is 5.56 Å². The second-order valence-corrected chi connectivity index (χ2v) is 5.08. The van der Waals surface area contributed by atoms with E-state index < -0.39 is 0 Å². The lowest BCUT2D eigenvalue weighted by molar-refractivity contribution is 0.729. The quantitative estimate of drug-likeness (QED) is 0.730. The van der Waals surface area contributed by atoms with Crippen molar-refractivity contribution in [2.24, 2.45) is 0 Å². The number of hydrogen-bond donors (Lipinski definition) is 0. The van der Waals surface area contributed by atoms with Gasteiger partial charge in [-0.1, -0.05) is 12.1 Å². The molecule has 2 heterocycles. The van der Waals surface area contributed by atoms with Crippen LogP contribution in [0.25, 0.3) is 10.9 Å². The highest BCUT2D eigenvalue weighted by Crippen LogP contribution is 2.09. The summed E-state index contributed by atoms with van der Waals surface area (Å²) in [5, 5.41) is 0.627. The number of aromatic nitrogens is 3. The third-order valence-electron chi connectivity index (χ3n) is 2.85. The minimum absolute atomic E-state index is 0.0460. The largest absolute Gasteiger partial charge is 0.293 e. The first kappa shape index (κ1) is 12.0. The van der Waals surface area contributed by atoms with E-state index in [1.54, 1.807) is 23.2 Å². The molecule has 0 atom stereocenters. The average Bonchev–Trinajstić information content (AvgIpc) is 2.45. The van der Waals surface area contributed by atoms with E-state index in [9.17, 15) is 4.79 Å². The zero-order chi connectivity index (χ0) is 13.2. The number of pyridine rings is 1. The molecule has 5 heteroatoms. The highest BCUT2D eigenvalue weighted by molar-refractivity contribution is 9.10. The van der Waals surface area contributed by atoms with Gasteiger partial charge in [-0.2, -0.15) is 0 Å². The first-order valence-corrected chi connectivity index (χ1v) is 6.58. The second kappa shape index (κ2) is 4.93. The van der Waals surface area contributed by atoms with E-state index in [1.807, 2.05) is 30.3 Å². The molecule has 0 unspecified atom stereocenters. The van der Waals surface area contributed by atoms with Crippen molar-refractivity contribution >= 4 is 26.8 Å². The highest BCUT2D eigenvalue weighted by atomic mass is 79.9. The average molecular weight is 316 g/mol. The lowest BCUT2D eigenvalue weighted by atomic mass is 10.2. The molecule has 19 heavy (non-hydrogen) atoms. The van der Waals surface area contributed by atoms with Crippen LogP contribution in [0.3, 0.4) is 0 Å². The minimum Gasteiger partial charge on any atom is -0.293 e. The first-order chi connectivity index (χ1) is 9.24. The minimum atomic E-state index is -0.0460. The molecule has 4 nitrogen and oxygen atoms in total. The first-order valence-electron chi connectivity index (χ1n) is 5.79. The second-order valence-electron chi connectivity index (χ2n) is 4.16. The van der Waals surface area contributed by atoms with Gasteiger partial charge < -0.3 is 0 Å². The van der Waals surface area contributed by atoms with Crippen molar-refractivity contribution in [3.8, 4) is 0 Å². The van der Waals surface area contributed by atoms with E-state index in [2.05, 4.69) is 25.9 Å². The molecule has 0 aliphatic carbocycles. The van der Waals surface area contributed by atoms with Gasteiger partial charge in [-0.05, 0) is 40.2 Å². The number of nitrogens with zero attached hydrogens (tertiary/aromatic N) is 3. The van der Waals surface area contributed by atoms with Crippen molar-refractivity contribution in [1.82, 2.24) is 14.5 Å². The maximum absolute atomic E-state index is 12.3. The number of rotatable bonds is 2. The molecule has 2 aromatic heterocycles. The van der Waals surface area contributed by atoms with Gasteiger partial charge in [0.1, 0.15) is 0 Å². The summed E-state index contributed by atoms with van der Waals surface area (Å²) in [7, 11) is 0. The molecule has 0 aliphatic heterocycles. The summed E-state index contributed by atoms with van der Waals surface area (Å²) in [6.07, 6.45) is 3.28. The summed E-state index contributed by atoms with van der Waals surface area (Å²) < 4.78 is 2.48. The van der Waals surface area contributed by atoms with Crippen molar-refractivity contribution in [2.45, 2.75) is 6.54 Å². The van der Waals surface area contributed by atoms with Crippen molar-refractivity contribution in [1.29, 1.82) is 0 Å². The van der Waals surface area contributed by atoms with Crippen LogP contribution in [0, 0.1) is 0 Å². The molecule has 3 aromatic rings. The van der Waals surface area contributed by atoms with Gasteiger partial charge in [0, 0.05) is 10.7 Å². The van der Waals surface area contributed by atoms with E-state index in [0.29, 0.717) is 17.4 Å². The van der Waals surface area contributed by atoms with E-state index >= 15 is 0 Å². The smallest absolute Gasteiger partial charge is 0.261 e. The van der Waals surface area contributed by atoms with E-state index in [0.717, 1.165) is 10.2 Å². The maximum Gasteiger partial charge on any atom is 0.261 e. The molecule has 0 saturated heterocycles. The Morgan fingerprint density at radius 2 is 1.95 bits per heavy atom. The molecule has 3 rings (SSSR count). The lowest BCUT2D eigenvalue weighted by Gasteiger charge is -2.06. The molecule has 1 aromatic carbocycles. The van der Waals surface area contributed by atoms with Crippen LogP contribution < -0.4 is 5.56 Å². The molecule has 0 N–H and O–H groups in total. The van der Waals surface area contributed by atoms with Crippen LogP contribution in [0.1, 0.15) is 5.69 Å². The third-order valence-corrected chi connectivity index (χ3v) is 3.32. The molecular formula is C14H10BrN3O. The maximum atomic E-state index is 12.3. The van der Waals surface area contributed by atoms with Crippen LogP contribution in [0.5, 0.6) is 0 Å². The van der Waals surface area contributed by atoms with Gasteiger partial charge in [-0.3, -0.25) is 14.3 Å². The summed E-state index contributed by atoms with van der Waals surface area (Å²) in [5.74, 6) is 0. The summed E-state index contributed by atoms with van der Waals surface area (Å²) >= 11 is 3.33. The monoisotopic (exact) mass is 315 g/mol. The number of halogens is 1. The Kier molecular flexibility index (Phi) is 3.13. The van der Waals surface area contributed by atoms with Crippen molar-refractivity contribution < 1.29 is 0 Å². The molecule has 0 radical (unpaired) electrons. The molecule has 0 saturated carbocycles. The zero-order valence-corrected chi connectivity index (χ0v) is 11.5. The fraction of sp³-hybridized carbons (Fsp3) is 0.0714. The Labute approximate surface area is 117 Å². The van der Waals surface area contributed by atoms with Crippen LogP contribution in [-0.4, -0.2) is 14.5 Å². The molecule has 0 spiro atoms. The lowest BCUT2D eigenvalue weighted by Crippen LogP contribution is -2.21. The fourth-order valence-electron chi connectivity index (χ4n) is 1.89. The van der Waals surface area contributed by atoms with Crippen LogP contribution in [-0.2, 0) is 6.54 Å². The van der Waals surface area contributed by atoms with Gasteiger partial charge in [0.2, 0.25) is 0 Å². The molecule has 0 aliphatic rings. The standard InChI is InChI=1S/C14H10BrN3O/c15-10-5-6-11(16-7-10)8-18-9-17-13-4-2-1-3-12(13)14(18)19/h1-7,9H,8H2. The normalized spacial score (nSPS) is 10.8. The topological polar surface area (TPSA) is 47.8 Å². The zero-order valence-electron chi connectivity index (χ0n) is 9.95. The number of para-hydroxylation sites is 1. The van der Waals surface area contributed by atoms with Crippen molar-refractivity contribution in [2.75, 3.05) is 0 Å². The van der Waals surface area contributed by atoms with Crippen LogP contribution in [0.2, 0.25) is 0 Å². The highest BCUT2D eigenvalue weighted by Gasteiger charge is 2.04. The third kappa shape index (κ3) is 2.42. The number of benzene rings is 1. The predicted molar refractivity (Wildman–Crippen MR) is 77.0 cm³/mol. The molecule has 94 valence electrons. The Hall–Kier alpha value is -2.01. The Bertz CT molecular complexity index is 781. The van der Waals surface area contributed by atoms with Gasteiger partial charge >= 0.3 is 0 Å².